The molecule has 2 N–H and O–H groups in total. The number of amides is 1. The van der Waals surface area contributed by atoms with Gasteiger partial charge in [0.15, 0.2) is 0 Å². The van der Waals surface area contributed by atoms with E-state index in [1.54, 1.807) is 29.2 Å². The Kier molecular flexibility index (Phi) is 7.45. The average Bonchev–Trinajstić information content (AvgIpc) is 3.56. The van der Waals surface area contributed by atoms with Crippen molar-refractivity contribution in [3.8, 4) is 22.7 Å². The molecule has 2 aromatic carbocycles. The number of benzene rings is 2. The molecular weight excluding hydrogens is 527 g/mol. The molecule has 1 fully saturated rings. The van der Waals surface area contributed by atoms with Gasteiger partial charge in [-0.2, -0.15) is 23.0 Å². The average molecular weight is 558 g/mol. The van der Waals surface area contributed by atoms with Crippen molar-refractivity contribution in [1.82, 2.24) is 15.1 Å². The van der Waals surface area contributed by atoms with Gasteiger partial charge < -0.3 is 25.0 Å². The third kappa shape index (κ3) is 5.23. The van der Waals surface area contributed by atoms with Gasteiger partial charge in [0.1, 0.15) is 11.4 Å². The third-order valence-corrected chi connectivity index (χ3v) is 7.30. The van der Waals surface area contributed by atoms with Gasteiger partial charge in [0.2, 0.25) is 5.91 Å². The van der Waals surface area contributed by atoms with Gasteiger partial charge in [0, 0.05) is 56.0 Å². The Labute approximate surface area is 228 Å². The number of hydrogen-bond donors (Lipinski definition) is 2. The molecule has 0 bridgehead atoms. The number of aliphatic hydroxyl groups excluding tert-OH is 1. The fourth-order valence-electron chi connectivity index (χ4n) is 5.51. The number of aliphatic hydroxyl groups is 1. The molecule has 5 rings (SSSR count). The quantitative estimate of drug-likeness (QED) is 0.461. The van der Waals surface area contributed by atoms with E-state index in [1.165, 1.54) is 26.2 Å². The van der Waals surface area contributed by atoms with Crippen LogP contribution < -0.4 is 25.4 Å². The highest BCUT2D eigenvalue weighted by Crippen LogP contribution is 2.38. The van der Waals surface area contributed by atoms with Crippen molar-refractivity contribution in [2.75, 3.05) is 49.7 Å². The van der Waals surface area contributed by atoms with Crippen LogP contribution in [0.25, 0.3) is 16.9 Å². The monoisotopic (exact) mass is 557 g/mol. The predicted octanol–water partition coefficient (Wildman–Crippen LogP) is 3.00. The zero-order chi connectivity index (χ0) is 28.6. The van der Waals surface area contributed by atoms with E-state index in [0.717, 1.165) is 10.7 Å². The first-order valence-electron chi connectivity index (χ1n) is 13.0. The van der Waals surface area contributed by atoms with E-state index in [-0.39, 0.29) is 36.5 Å². The van der Waals surface area contributed by atoms with Crippen molar-refractivity contribution in [3.63, 3.8) is 0 Å². The molecule has 1 saturated heterocycles. The van der Waals surface area contributed by atoms with E-state index in [0.29, 0.717) is 60.7 Å². The van der Waals surface area contributed by atoms with Crippen LogP contribution in [0, 0.1) is 0 Å². The molecule has 1 amide bonds. The number of aromatic nitrogens is 2. The molecule has 0 saturated carbocycles. The summed E-state index contributed by atoms with van der Waals surface area (Å²) in [5, 5.41) is 17.0. The smallest absolute Gasteiger partial charge is 0.418 e. The molecule has 3 aromatic rings. The molecule has 1 aromatic heterocycles. The molecular formula is C28H30F3N5O4. The number of carbonyl (C=O) groups is 1. The van der Waals surface area contributed by atoms with Crippen LogP contribution in [-0.4, -0.2) is 66.7 Å². The Morgan fingerprint density at radius 1 is 1.20 bits per heavy atom. The highest BCUT2D eigenvalue weighted by Gasteiger charge is 2.37. The first-order valence-corrected chi connectivity index (χ1v) is 13.0. The Morgan fingerprint density at radius 3 is 2.70 bits per heavy atom. The van der Waals surface area contributed by atoms with E-state index in [4.69, 9.17) is 4.74 Å². The van der Waals surface area contributed by atoms with Crippen molar-refractivity contribution in [2.24, 2.45) is 0 Å². The fraction of sp³-hybridized carbons (Fsp3) is 0.393. The second-order valence-electron chi connectivity index (χ2n) is 9.92. The van der Waals surface area contributed by atoms with Gasteiger partial charge in [-0.05, 0) is 43.2 Å². The van der Waals surface area contributed by atoms with Crippen LogP contribution in [0.4, 0.5) is 24.5 Å². The second kappa shape index (κ2) is 10.8. The van der Waals surface area contributed by atoms with Crippen LogP contribution >= 0.6 is 0 Å². The summed E-state index contributed by atoms with van der Waals surface area (Å²) < 4.78 is 49.1. The highest BCUT2D eigenvalue weighted by atomic mass is 19.4. The second-order valence-corrected chi connectivity index (χ2v) is 9.92. The maximum absolute atomic E-state index is 14.3. The molecule has 9 nitrogen and oxygen atoms in total. The number of rotatable bonds is 7. The lowest BCUT2D eigenvalue weighted by molar-refractivity contribution is -0.137. The summed E-state index contributed by atoms with van der Waals surface area (Å²) in [6, 6.07) is 10.5. The zero-order valence-electron chi connectivity index (χ0n) is 22.2. The fourth-order valence-corrected chi connectivity index (χ4v) is 5.51. The number of hydrogen-bond acceptors (Lipinski definition) is 7. The Bertz CT molecular complexity index is 1490. The van der Waals surface area contributed by atoms with Crippen LogP contribution in [0.3, 0.4) is 0 Å². The molecule has 1 atom stereocenters. The lowest BCUT2D eigenvalue weighted by atomic mass is 10.0. The predicted molar refractivity (Wildman–Crippen MR) is 144 cm³/mol. The summed E-state index contributed by atoms with van der Waals surface area (Å²) in [6.45, 7) is 2.75. The summed E-state index contributed by atoms with van der Waals surface area (Å²) in [6.07, 6.45) is -3.66. The summed E-state index contributed by atoms with van der Waals surface area (Å²) in [5.74, 6) is 0.364. The van der Waals surface area contributed by atoms with E-state index >= 15 is 0 Å². The first-order chi connectivity index (χ1) is 19.1. The molecule has 212 valence electrons. The number of nitrogens with one attached hydrogen (secondary N) is 1. The number of anilines is 2. The molecule has 2 aliphatic rings. The highest BCUT2D eigenvalue weighted by molar-refractivity contribution is 5.74. The zero-order valence-corrected chi connectivity index (χ0v) is 22.2. The maximum Gasteiger partial charge on any atom is 0.418 e. The largest absolute Gasteiger partial charge is 0.497 e. The number of methoxy groups -OCH3 is 1. The Hall–Kier alpha value is -4.06. The minimum atomic E-state index is -4.75. The molecule has 0 aliphatic carbocycles. The van der Waals surface area contributed by atoms with Gasteiger partial charge >= 0.3 is 6.18 Å². The van der Waals surface area contributed by atoms with Crippen LogP contribution in [0.15, 0.2) is 47.3 Å². The number of β-amino-alcohol motifs (C(OH)–C–C–N with tert-alkyl or cyclic N) is 1. The Balaban J connectivity index is 1.70. The third-order valence-electron chi connectivity index (χ3n) is 7.30. The van der Waals surface area contributed by atoms with Crippen molar-refractivity contribution in [1.29, 1.82) is 0 Å². The molecule has 0 radical (unpaired) electrons. The maximum atomic E-state index is 14.3. The lowest BCUT2D eigenvalue weighted by Crippen LogP contribution is -2.35. The van der Waals surface area contributed by atoms with E-state index < -0.39 is 17.3 Å². The van der Waals surface area contributed by atoms with Crippen molar-refractivity contribution in [3.05, 3.63) is 63.9 Å². The van der Waals surface area contributed by atoms with E-state index in [9.17, 15) is 27.9 Å². The van der Waals surface area contributed by atoms with E-state index in [1.807, 2.05) is 4.90 Å². The minimum Gasteiger partial charge on any atom is -0.497 e. The number of nitrogens with zero attached hydrogens (tertiary/aromatic N) is 4. The molecule has 3 heterocycles. The molecule has 2 aliphatic heterocycles. The molecule has 0 unspecified atom stereocenters. The van der Waals surface area contributed by atoms with Gasteiger partial charge in [-0.3, -0.25) is 9.59 Å². The summed E-state index contributed by atoms with van der Waals surface area (Å²) in [4.78, 5) is 28.9. The van der Waals surface area contributed by atoms with Crippen LogP contribution in [-0.2, 0) is 17.4 Å². The van der Waals surface area contributed by atoms with Crippen LogP contribution in [0.1, 0.15) is 24.5 Å². The first kappa shape index (κ1) is 27.5. The standard InChI is InChI=1S/C28H30F3N5O4/c1-17(38)32-19-8-10-35(16-19)20-6-7-23(28(29,30)31)24(15-20)36-27(39)26-22(9-11-34(26)12-13-37)25(33-36)18-4-3-5-21(14-18)40-2/h3-7,14-15,19,37H,8-13,16H2,1-2H3,(H,32,38)/t19-/m1/s1. The molecule has 40 heavy (non-hydrogen) atoms. The summed E-state index contributed by atoms with van der Waals surface area (Å²) in [5.41, 5.74) is 0.232. The Morgan fingerprint density at radius 2 is 2.00 bits per heavy atom. The number of alkyl halides is 3. The van der Waals surface area contributed by atoms with E-state index in [2.05, 4.69) is 10.4 Å². The normalized spacial score (nSPS) is 16.8. The van der Waals surface area contributed by atoms with Crippen molar-refractivity contribution >= 4 is 17.3 Å². The van der Waals surface area contributed by atoms with Gasteiger partial charge in [0.05, 0.1) is 30.7 Å². The van der Waals surface area contributed by atoms with Gasteiger partial charge in [-0.1, -0.05) is 12.1 Å². The summed E-state index contributed by atoms with van der Waals surface area (Å²) in [7, 11) is 1.51. The number of fused-ring (bicyclic) bond motifs is 1. The van der Waals surface area contributed by atoms with Gasteiger partial charge in [-0.25, -0.2) is 0 Å². The van der Waals surface area contributed by atoms with Crippen molar-refractivity contribution in [2.45, 2.75) is 32.0 Å². The number of carbonyl (C=O) groups excluding carboxylic acids is 1. The summed E-state index contributed by atoms with van der Waals surface area (Å²) >= 11 is 0. The number of halogens is 3. The topological polar surface area (TPSA) is 99.9 Å². The molecule has 0 spiro atoms. The van der Waals surface area contributed by atoms with Gasteiger partial charge in [-0.15, -0.1) is 0 Å². The molecule has 12 heteroatoms. The van der Waals surface area contributed by atoms with Gasteiger partial charge in [0.25, 0.3) is 5.56 Å². The van der Waals surface area contributed by atoms with Crippen LogP contribution in [0.2, 0.25) is 0 Å². The minimum absolute atomic E-state index is 0.129. The van der Waals surface area contributed by atoms with Crippen LogP contribution in [0.5, 0.6) is 5.75 Å². The van der Waals surface area contributed by atoms with Crippen molar-refractivity contribution < 1.29 is 27.8 Å². The number of ether oxygens (including phenoxy) is 1. The lowest BCUT2D eigenvalue weighted by Gasteiger charge is -2.23. The SMILES string of the molecule is COc1cccc(-c2nn(-c3cc(N4CC[C@@H](NC(C)=O)C4)ccc3C(F)(F)F)c(=O)c3c2CCN3CCO)c1.